The number of ether oxygens (including phenoxy) is 1. The Kier molecular flexibility index (Phi) is 2.92. The highest BCUT2D eigenvalue weighted by atomic mass is 16.5. The van der Waals surface area contributed by atoms with Gasteiger partial charge < -0.3 is 9.84 Å². The van der Waals surface area contributed by atoms with E-state index in [0.29, 0.717) is 11.3 Å². The van der Waals surface area contributed by atoms with Gasteiger partial charge in [0, 0.05) is 7.05 Å². The van der Waals surface area contributed by atoms with E-state index in [9.17, 15) is 4.79 Å². The second-order valence-corrected chi connectivity index (χ2v) is 3.70. The maximum Gasteiger partial charge on any atom is 0.342 e. The van der Waals surface area contributed by atoms with Crippen LogP contribution in [0, 0.1) is 13.8 Å². The first-order chi connectivity index (χ1) is 8.49. The van der Waals surface area contributed by atoms with Crippen molar-refractivity contribution >= 4 is 5.97 Å². The van der Waals surface area contributed by atoms with Gasteiger partial charge in [0.05, 0.1) is 5.69 Å². The molecule has 2 aromatic heterocycles. The molecule has 8 nitrogen and oxygen atoms in total. The predicted octanol–water partition coefficient (Wildman–Crippen LogP) is 0.712. The van der Waals surface area contributed by atoms with Crippen LogP contribution in [0.15, 0.2) is 6.33 Å². The number of rotatable bonds is 3. The number of nitrogens with zero attached hydrogens (tertiary/aromatic N) is 5. The lowest BCUT2D eigenvalue weighted by Gasteiger charge is -2.07. The molecule has 0 aliphatic carbocycles. The minimum atomic E-state index is -1.13. The molecule has 0 saturated heterocycles. The molecule has 94 valence electrons. The molecule has 0 radical (unpaired) electrons. The fraction of sp³-hybridized carbons (Fsp3) is 0.300. The molecule has 0 fully saturated rings. The Hall–Kier alpha value is -2.51. The van der Waals surface area contributed by atoms with Gasteiger partial charge in [-0.3, -0.25) is 4.68 Å². The Labute approximate surface area is 102 Å². The highest BCUT2D eigenvalue weighted by molar-refractivity contribution is 5.92. The van der Waals surface area contributed by atoms with Crippen LogP contribution in [0.2, 0.25) is 0 Å². The third kappa shape index (κ3) is 2.12. The Morgan fingerprint density at radius 3 is 2.67 bits per heavy atom. The zero-order valence-corrected chi connectivity index (χ0v) is 10.1. The molecular formula is C10H11N5O3. The van der Waals surface area contributed by atoms with Gasteiger partial charge in [-0.25, -0.2) is 4.79 Å². The van der Waals surface area contributed by atoms with Crippen LogP contribution >= 0.6 is 0 Å². The maximum atomic E-state index is 11.2. The topological polar surface area (TPSA) is 103 Å². The number of carbonyl (C=O) groups is 1. The van der Waals surface area contributed by atoms with E-state index < -0.39 is 5.97 Å². The fourth-order valence-corrected chi connectivity index (χ4v) is 1.36. The molecule has 8 heteroatoms. The largest absolute Gasteiger partial charge is 0.477 e. The van der Waals surface area contributed by atoms with Gasteiger partial charge in [-0.2, -0.15) is 10.1 Å². The van der Waals surface area contributed by atoms with Crippen molar-refractivity contribution in [2.24, 2.45) is 7.05 Å². The molecule has 2 aromatic rings. The maximum absolute atomic E-state index is 11.2. The van der Waals surface area contributed by atoms with Gasteiger partial charge in [0.2, 0.25) is 0 Å². The van der Waals surface area contributed by atoms with Gasteiger partial charge in [-0.05, 0) is 19.4 Å². The smallest absolute Gasteiger partial charge is 0.342 e. The van der Waals surface area contributed by atoms with Gasteiger partial charge in [0.15, 0.2) is 0 Å². The van der Waals surface area contributed by atoms with E-state index in [1.165, 1.54) is 11.0 Å². The number of aryl methyl sites for hydroxylation is 2. The molecule has 2 rings (SSSR count). The van der Waals surface area contributed by atoms with E-state index in [2.05, 4.69) is 20.3 Å². The summed E-state index contributed by atoms with van der Waals surface area (Å²) in [5, 5.41) is 20.6. The van der Waals surface area contributed by atoms with Crippen LogP contribution in [-0.4, -0.2) is 36.0 Å². The third-order valence-electron chi connectivity index (χ3n) is 2.40. The van der Waals surface area contributed by atoms with Crippen molar-refractivity contribution in [1.29, 1.82) is 0 Å². The predicted molar refractivity (Wildman–Crippen MR) is 59.5 cm³/mol. The summed E-state index contributed by atoms with van der Waals surface area (Å²) in [5.74, 6) is -1.24. The molecule has 0 amide bonds. The van der Waals surface area contributed by atoms with Crippen molar-refractivity contribution < 1.29 is 14.6 Å². The summed E-state index contributed by atoms with van der Waals surface area (Å²) < 4.78 is 6.66. The standard InChI is InChI=1S/C10H11N5O3/c1-5-6(2)12-13-8(7(5)9(16)17)18-10-11-4-15(3)14-10/h4H,1-3H3,(H,16,17). The number of aromatic carboxylic acids is 1. The second-order valence-electron chi connectivity index (χ2n) is 3.70. The zero-order valence-electron chi connectivity index (χ0n) is 10.1. The number of carboxylic acids is 1. The Morgan fingerprint density at radius 2 is 2.11 bits per heavy atom. The number of hydrogen-bond donors (Lipinski definition) is 1. The number of carboxylic acid groups (broad SMARTS) is 1. The third-order valence-corrected chi connectivity index (χ3v) is 2.40. The molecule has 0 saturated carbocycles. The lowest BCUT2D eigenvalue weighted by molar-refractivity contribution is 0.0691. The average molecular weight is 249 g/mol. The molecule has 0 atom stereocenters. The molecular weight excluding hydrogens is 238 g/mol. The van der Waals surface area contributed by atoms with Crippen molar-refractivity contribution in [3.63, 3.8) is 0 Å². The summed E-state index contributed by atoms with van der Waals surface area (Å²) in [5.41, 5.74) is 1.01. The summed E-state index contributed by atoms with van der Waals surface area (Å²) in [6.07, 6.45) is 1.43. The SMILES string of the molecule is Cc1nnc(Oc2ncn(C)n2)c(C(=O)O)c1C. The van der Waals surface area contributed by atoms with E-state index in [-0.39, 0.29) is 17.5 Å². The quantitative estimate of drug-likeness (QED) is 0.854. The highest BCUT2D eigenvalue weighted by Crippen LogP contribution is 2.23. The summed E-state index contributed by atoms with van der Waals surface area (Å²) in [4.78, 5) is 15.0. The molecule has 0 aliphatic rings. The monoisotopic (exact) mass is 249 g/mol. The molecule has 0 aromatic carbocycles. The van der Waals surface area contributed by atoms with E-state index in [0.717, 1.165) is 0 Å². The minimum Gasteiger partial charge on any atom is -0.477 e. The summed E-state index contributed by atoms with van der Waals surface area (Å²) >= 11 is 0. The molecule has 18 heavy (non-hydrogen) atoms. The average Bonchev–Trinajstić information content (AvgIpc) is 2.69. The highest BCUT2D eigenvalue weighted by Gasteiger charge is 2.20. The van der Waals surface area contributed by atoms with E-state index in [1.807, 2.05) is 0 Å². The van der Waals surface area contributed by atoms with Gasteiger partial charge >= 0.3 is 12.0 Å². The summed E-state index contributed by atoms with van der Waals surface area (Å²) in [6.45, 7) is 3.32. The van der Waals surface area contributed by atoms with E-state index >= 15 is 0 Å². The van der Waals surface area contributed by atoms with Gasteiger partial charge in [-0.1, -0.05) is 0 Å². The van der Waals surface area contributed by atoms with Crippen LogP contribution in [0.4, 0.5) is 0 Å². The van der Waals surface area contributed by atoms with E-state index in [1.54, 1.807) is 20.9 Å². The summed E-state index contributed by atoms with van der Waals surface area (Å²) in [6, 6.07) is 0.0255. The first-order valence-electron chi connectivity index (χ1n) is 5.09. The van der Waals surface area contributed by atoms with Crippen molar-refractivity contribution in [3.8, 4) is 11.9 Å². The fourth-order valence-electron chi connectivity index (χ4n) is 1.36. The van der Waals surface area contributed by atoms with Gasteiger partial charge in [0.1, 0.15) is 11.9 Å². The van der Waals surface area contributed by atoms with Crippen LogP contribution in [0.3, 0.4) is 0 Å². The van der Waals surface area contributed by atoms with Crippen molar-refractivity contribution in [2.45, 2.75) is 13.8 Å². The zero-order chi connectivity index (χ0) is 13.3. The lowest BCUT2D eigenvalue weighted by atomic mass is 10.1. The molecule has 0 bridgehead atoms. The van der Waals surface area contributed by atoms with Crippen LogP contribution < -0.4 is 4.74 Å². The van der Waals surface area contributed by atoms with Crippen molar-refractivity contribution in [1.82, 2.24) is 25.0 Å². The van der Waals surface area contributed by atoms with Crippen LogP contribution in [0.1, 0.15) is 21.6 Å². The molecule has 0 spiro atoms. The van der Waals surface area contributed by atoms with E-state index in [4.69, 9.17) is 9.84 Å². The molecule has 2 heterocycles. The number of aromatic nitrogens is 5. The Morgan fingerprint density at radius 1 is 1.39 bits per heavy atom. The molecule has 0 aliphatic heterocycles. The van der Waals surface area contributed by atoms with Crippen molar-refractivity contribution in [3.05, 3.63) is 23.1 Å². The van der Waals surface area contributed by atoms with Crippen LogP contribution in [0.5, 0.6) is 11.9 Å². The number of hydrogen-bond acceptors (Lipinski definition) is 6. The molecule has 1 N–H and O–H groups in total. The van der Waals surface area contributed by atoms with Gasteiger partial charge in [-0.15, -0.1) is 10.2 Å². The van der Waals surface area contributed by atoms with Gasteiger partial charge in [0.25, 0.3) is 5.88 Å². The summed E-state index contributed by atoms with van der Waals surface area (Å²) in [7, 11) is 1.67. The second kappa shape index (κ2) is 4.40. The van der Waals surface area contributed by atoms with Crippen LogP contribution in [-0.2, 0) is 7.05 Å². The van der Waals surface area contributed by atoms with Crippen molar-refractivity contribution in [2.75, 3.05) is 0 Å². The Bertz CT molecular complexity index is 608. The first kappa shape index (κ1) is 12.0. The van der Waals surface area contributed by atoms with Crippen LogP contribution in [0.25, 0.3) is 0 Å². The lowest BCUT2D eigenvalue weighted by Crippen LogP contribution is -2.08. The molecule has 0 unspecified atom stereocenters. The normalized spacial score (nSPS) is 10.4. The Balaban J connectivity index is 2.44. The minimum absolute atomic E-state index is 0.0255. The first-order valence-corrected chi connectivity index (χ1v) is 5.09.